The maximum absolute atomic E-state index is 6.02. The van der Waals surface area contributed by atoms with Crippen LogP contribution in [0.3, 0.4) is 0 Å². The van der Waals surface area contributed by atoms with Crippen molar-refractivity contribution in [2.45, 2.75) is 19.5 Å². The van der Waals surface area contributed by atoms with Gasteiger partial charge in [0.15, 0.2) is 0 Å². The van der Waals surface area contributed by atoms with E-state index in [9.17, 15) is 0 Å². The summed E-state index contributed by atoms with van der Waals surface area (Å²) in [6.07, 6.45) is 0.619. The first-order valence-electron chi connectivity index (χ1n) is 6.19. The average Bonchev–Trinajstić information content (AvgIpc) is 2.82. The van der Waals surface area contributed by atoms with Gasteiger partial charge in [0.1, 0.15) is 11.6 Å². The van der Waals surface area contributed by atoms with Crippen LogP contribution in [0.25, 0.3) is 0 Å². The zero-order valence-electron chi connectivity index (χ0n) is 11.1. The number of halogens is 2. The SMILES string of the molecule is COCCn1c(CN)nnc1Cc1ccc(Cl)c(Cl)c1. The molecule has 0 radical (unpaired) electrons. The zero-order valence-corrected chi connectivity index (χ0v) is 12.7. The third-order valence-electron chi connectivity index (χ3n) is 2.95. The molecule has 0 atom stereocenters. The Kier molecular flexibility index (Phi) is 5.37. The van der Waals surface area contributed by atoms with Crippen LogP contribution >= 0.6 is 23.2 Å². The van der Waals surface area contributed by atoms with Gasteiger partial charge in [0.2, 0.25) is 0 Å². The van der Waals surface area contributed by atoms with E-state index in [4.69, 9.17) is 33.7 Å². The van der Waals surface area contributed by atoms with Crippen LogP contribution in [-0.4, -0.2) is 28.5 Å². The summed E-state index contributed by atoms with van der Waals surface area (Å²) in [4.78, 5) is 0. The first kappa shape index (κ1) is 15.3. The van der Waals surface area contributed by atoms with E-state index >= 15 is 0 Å². The van der Waals surface area contributed by atoms with Crippen LogP contribution in [0.4, 0.5) is 0 Å². The molecule has 0 saturated carbocycles. The second-order valence-electron chi connectivity index (χ2n) is 4.31. The van der Waals surface area contributed by atoms with E-state index in [2.05, 4.69) is 10.2 Å². The Morgan fingerprint density at radius 1 is 1.20 bits per heavy atom. The molecule has 1 aromatic heterocycles. The fourth-order valence-electron chi connectivity index (χ4n) is 1.93. The van der Waals surface area contributed by atoms with Gasteiger partial charge in [-0.1, -0.05) is 29.3 Å². The second kappa shape index (κ2) is 7.04. The van der Waals surface area contributed by atoms with E-state index < -0.39 is 0 Å². The lowest BCUT2D eigenvalue weighted by Crippen LogP contribution is -2.14. The van der Waals surface area contributed by atoms with Gasteiger partial charge in [-0.3, -0.25) is 0 Å². The molecule has 0 aliphatic heterocycles. The van der Waals surface area contributed by atoms with Crippen molar-refractivity contribution < 1.29 is 4.74 Å². The fraction of sp³-hybridized carbons (Fsp3) is 0.385. The van der Waals surface area contributed by atoms with E-state index in [1.54, 1.807) is 13.2 Å². The molecule has 0 aliphatic rings. The van der Waals surface area contributed by atoms with Gasteiger partial charge in [0.25, 0.3) is 0 Å². The molecule has 1 heterocycles. The molecular weight excluding hydrogens is 299 g/mol. The molecule has 1 aromatic carbocycles. The fourth-order valence-corrected chi connectivity index (χ4v) is 2.25. The topological polar surface area (TPSA) is 66.0 Å². The van der Waals surface area contributed by atoms with E-state index in [1.807, 2.05) is 16.7 Å². The molecule has 2 rings (SSSR count). The van der Waals surface area contributed by atoms with Crippen LogP contribution in [0.5, 0.6) is 0 Å². The molecule has 0 amide bonds. The summed E-state index contributed by atoms with van der Waals surface area (Å²) in [7, 11) is 1.66. The van der Waals surface area contributed by atoms with Crippen molar-refractivity contribution in [3.63, 3.8) is 0 Å². The Bertz CT molecular complexity index is 586. The molecule has 20 heavy (non-hydrogen) atoms. The molecule has 2 aromatic rings. The summed E-state index contributed by atoms with van der Waals surface area (Å²) in [5, 5.41) is 9.36. The largest absolute Gasteiger partial charge is 0.383 e. The van der Waals surface area contributed by atoms with Crippen molar-refractivity contribution in [3.8, 4) is 0 Å². The van der Waals surface area contributed by atoms with Crippen molar-refractivity contribution in [3.05, 3.63) is 45.5 Å². The maximum Gasteiger partial charge on any atom is 0.146 e. The van der Waals surface area contributed by atoms with Gasteiger partial charge in [-0.2, -0.15) is 0 Å². The number of nitrogens with two attached hydrogens (primary N) is 1. The van der Waals surface area contributed by atoms with E-state index in [0.29, 0.717) is 36.2 Å². The summed E-state index contributed by atoms with van der Waals surface area (Å²) in [5.41, 5.74) is 6.69. The number of hydrogen-bond acceptors (Lipinski definition) is 4. The van der Waals surface area contributed by atoms with Gasteiger partial charge in [-0.15, -0.1) is 10.2 Å². The Morgan fingerprint density at radius 2 is 1.95 bits per heavy atom. The Hall–Kier alpha value is -1.14. The van der Waals surface area contributed by atoms with Gasteiger partial charge in [0.05, 0.1) is 23.2 Å². The number of methoxy groups -OCH3 is 1. The van der Waals surface area contributed by atoms with Crippen molar-refractivity contribution in [1.29, 1.82) is 0 Å². The lowest BCUT2D eigenvalue weighted by Gasteiger charge is -2.09. The lowest BCUT2D eigenvalue weighted by atomic mass is 10.1. The molecule has 5 nitrogen and oxygen atoms in total. The van der Waals surface area contributed by atoms with Gasteiger partial charge < -0.3 is 15.0 Å². The predicted octanol–water partition coefficient (Wildman–Crippen LogP) is 2.28. The summed E-state index contributed by atoms with van der Waals surface area (Å²) in [6.45, 7) is 1.60. The standard InChI is InChI=1S/C13H16Cl2N4O/c1-20-5-4-19-12(17-18-13(19)8-16)7-9-2-3-10(14)11(15)6-9/h2-3,6H,4-5,7-8,16H2,1H3. The molecule has 7 heteroatoms. The summed E-state index contributed by atoms with van der Waals surface area (Å²) in [5.74, 6) is 1.58. The van der Waals surface area contributed by atoms with E-state index in [0.717, 1.165) is 17.2 Å². The second-order valence-corrected chi connectivity index (χ2v) is 5.12. The van der Waals surface area contributed by atoms with Crippen LogP contribution in [0.1, 0.15) is 17.2 Å². The third kappa shape index (κ3) is 3.49. The smallest absolute Gasteiger partial charge is 0.146 e. The number of benzene rings is 1. The average molecular weight is 315 g/mol. The summed E-state index contributed by atoms with van der Waals surface area (Å²) >= 11 is 11.9. The molecule has 108 valence electrons. The van der Waals surface area contributed by atoms with Gasteiger partial charge in [0, 0.05) is 20.1 Å². The number of ether oxygens (including phenoxy) is 1. The minimum Gasteiger partial charge on any atom is -0.383 e. The van der Waals surface area contributed by atoms with Crippen molar-refractivity contribution >= 4 is 23.2 Å². The Labute approximate surface area is 127 Å². The molecule has 0 saturated heterocycles. The minimum atomic E-state index is 0.345. The number of hydrogen-bond donors (Lipinski definition) is 1. The highest BCUT2D eigenvalue weighted by molar-refractivity contribution is 6.42. The molecule has 0 fully saturated rings. The van der Waals surface area contributed by atoms with E-state index in [-0.39, 0.29) is 0 Å². The van der Waals surface area contributed by atoms with Crippen molar-refractivity contribution in [2.24, 2.45) is 5.73 Å². The highest BCUT2D eigenvalue weighted by atomic mass is 35.5. The quantitative estimate of drug-likeness (QED) is 0.888. The number of nitrogens with zero attached hydrogens (tertiary/aromatic N) is 3. The first-order valence-corrected chi connectivity index (χ1v) is 6.95. The molecule has 2 N–H and O–H groups in total. The maximum atomic E-state index is 6.02. The number of aromatic nitrogens is 3. The van der Waals surface area contributed by atoms with Gasteiger partial charge >= 0.3 is 0 Å². The third-order valence-corrected chi connectivity index (χ3v) is 3.69. The van der Waals surface area contributed by atoms with Crippen LogP contribution in [0.15, 0.2) is 18.2 Å². The van der Waals surface area contributed by atoms with Gasteiger partial charge in [-0.05, 0) is 17.7 Å². The molecule has 0 unspecified atom stereocenters. The Morgan fingerprint density at radius 3 is 2.60 bits per heavy atom. The van der Waals surface area contributed by atoms with Crippen LogP contribution in [0, 0.1) is 0 Å². The highest BCUT2D eigenvalue weighted by Gasteiger charge is 2.12. The summed E-state index contributed by atoms with van der Waals surface area (Å²) in [6, 6.07) is 5.53. The van der Waals surface area contributed by atoms with Crippen LogP contribution < -0.4 is 5.73 Å². The molecular formula is C13H16Cl2N4O. The first-order chi connectivity index (χ1) is 9.65. The molecule has 0 aliphatic carbocycles. The van der Waals surface area contributed by atoms with E-state index in [1.165, 1.54) is 0 Å². The highest BCUT2D eigenvalue weighted by Crippen LogP contribution is 2.23. The van der Waals surface area contributed by atoms with Crippen LogP contribution in [-0.2, 0) is 24.2 Å². The van der Waals surface area contributed by atoms with Crippen molar-refractivity contribution in [1.82, 2.24) is 14.8 Å². The van der Waals surface area contributed by atoms with Crippen molar-refractivity contribution in [2.75, 3.05) is 13.7 Å². The molecule has 0 bridgehead atoms. The van der Waals surface area contributed by atoms with Crippen LogP contribution in [0.2, 0.25) is 10.0 Å². The monoisotopic (exact) mass is 314 g/mol. The zero-order chi connectivity index (χ0) is 14.5. The summed E-state index contributed by atoms with van der Waals surface area (Å²) < 4.78 is 7.08. The normalized spacial score (nSPS) is 11.0. The minimum absolute atomic E-state index is 0.345. The predicted molar refractivity (Wildman–Crippen MR) is 79.1 cm³/mol. The molecule has 0 spiro atoms. The Balaban J connectivity index is 2.23. The lowest BCUT2D eigenvalue weighted by molar-refractivity contribution is 0.185. The number of rotatable bonds is 6. The van der Waals surface area contributed by atoms with Gasteiger partial charge in [-0.25, -0.2) is 0 Å².